The van der Waals surface area contributed by atoms with Crippen LogP contribution in [0.1, 0.15) is 23.0 Å². The lowest BCUT2D eigenvalue weighted by atomic mass is 10.3. The molecule has 0 atom stereocenters. The fraction of sp³-hybridized carbons (Fsp3) is 0.308. The van der Waals surface area contributed by atoms with Crippen LogP contribution < -0.4 is 0 Å². The summed E-state index contributed by atoms with van der Waals surface area (Å²) in [5.41, 5.74) is 1.48. The summed E-state index contributed by atoms with van der Waals surface area (Å²) in [4.78, 5) is 17.8. The first-order valence-electron chi connectivity index (χ1n) is 5.88. The highest BCUT2D eigenvalue weighted by atomic mass is 16.2. The van der Waals surface area contributed by atoms with E-state index >= 15 is 0 Å². The van der Waals surface area contributed by atoms with Crippen molar-refractivity contribution in [2.45, 2.75) is 20.0 Å². The Morgan fingerprint density at radius 1 is 1.44 bits per heavy atom. The van der Waals surface area contributed by atoms with Crippen LogP contribution in [-0.4, -0.2) is 32.6 Å². The minimum Gasteiger partial charge on any atom is -0.336 e. The molecule has 0 N–H and O–H groups in total. The molecule has 0 radical (unpaired) electrons. The second-order valence-electron chi connectivity index (χ2n) is 4.08. The maximum Gasteiger partial charge on any atom is 0.272 e. The van der Waals surface area contributed by atoms with Gasteiger partial charge in [-0.3, -0.25) is 14.5 Å². The summed E-state index contributed by atoms with van der Waals surface area (Å²) in [5.74, 6) is -0.0835. The van der Waals surface area contributed by atoms with E-state index in [0.717, 1.165) is 12.1 Å². The van der Waals surface area contributed by atoms with Gasteiger partial charge >= 0.3 is 0 Å². The quantitative estimate of drug-likeness (QED) is 0.820. The topological polar surface area (TPSA) is 51.0 Å². The molecule has 0 fully saturated rings. The highest BCUT2D eigenvalue weighted by Gasteiger charge is 2.13. The number of carbonyl (C=O) groups is 1. The van der Waals surface area contributed by atoms with Crippen molar-refractivity contribution in [3.8, 4) is 0 Å². The monoisotopic (exact) mass is 244 g/mol. The first-order chi connectivity index (χ1) is 8.70. The van der Waals surface area contributed by atoms with Crippen molar-refractivity contribution in [2.75, 3.05) is 7.05 Å². The molecule has 2 rings (SSSR count). The van der Waals surface area contributed by atoms with Crippen LogP contribution in [-0.2, 0) is 13.1 Å². The zero-order chi connectivity index (χ0) is 13.0. The zero-order valence-electron chi connectivity index (χ0n) is 10.6. The van der Waals surface area contributed by atoms with Crippen molar-refractivity contribution in [2.24, 2.45) is 0 Å². The molecule has 94 valence electrons. The van der Waals surface area contributed by atoms with Crippen molar-refractivity contribution in [3.63, 3.8) is 0 Å². The van der Waals surface area contributed by atoms with E-state index in [1.807, 2.05) is 23.9 Å². The molecule has 0 aromatic carbocycles. The number of pyridine rings is 1. The van der Waals surface area contributed by atoms with Crippen molar-refractivity contribution >= 4 is 5.91 Å². The van der Waals surface area contributed by atoms with Gasteiger partial charge in [0.25, 0.3) is 5.91 Å². The lowest BCUT2D eigenvalue weighted by molar-refractivity contribution is 0.0779. The van der Waals surface area contributed by atoms with Gasteiger partial charge in [0.2, 0.25) is 0 Å². The third-order valence-electron chi connectivity index (χ3n) is 2.66. The Morgan fingerprint density at radius 3 is 2.89 bits per heavy atom. The van der Waals surface area contributed by atoms with Crippen molar-refractivity contribution in [1.29, 1.82) is 0 Å². The average molecular weight is 244 g/mol. The Balaban J connectivity index is 2.03. The fourth-order valence-electron chi connectivity index (χ4n) is 1.69. The van der Waals surface area contributed by atoms with Crippen LogP contribution in [0.5, 0.6) is 0 Å². The Hall–Kier alpha value is -2.17. The minimum atomic E-state index is -0.0835. The molecule has 5 nitrogen and oxygen atoms in total. The molecule has 0 spiro atoms. The molecule has 0 saturated carbocycles. The lowest BCUT2D eigenvalue weighted by Crippen LogP contribution is -2.26. The van der Waals surface area contributed by atoms with E-state index in [1.165, 1.54) is 0 Å². The van der Waals surface area contributed by atoms with Crippen LogP contribution in [0.2, 0.25) is 0 Å². The number of hydrogen-bond acceptors (Lipinski definition) is 3. The normalized spacial score (nSPS) is 10.3. The molecule has 0 aliphatic carbocycles. The minimum absolute atomic E-state index is 0.0835. The summed E-state index contributed by atoms with van der Waals surface area (Å²) in [5, 5.41) is 4.18. The van der Waals surface area contributed by atoms with Crippen LogP contribution in [0.3, 0.4) is 0 Å². The molecule has 5 heteroatoms. The lowest BCUT2D eigenvalue weighted by Gasteiger charge is -2.15. The van der Waals surface area contributed by atoms with Gasteiger partial charge in [-0.25, -0.2) is 0 Å². The molecule has 2 heterocycles. The van der Waals surface area contributed by atoms with Crippen molar-refractivity contribution in [3.05, 3.63) is 48.0 Å². The molecule has 2 aromatic rings. The summed E-state index contributed by atoms with van der Waals surface area (Å²) in [6, 6.07) is 5.32. The van der Waals surface area contributed by atoms with Gasteiger partial charge in [-0.05, 0) is 19.1 Å². The van der Waals surface area contributed by atoms with E-state index in [1.54, 1.807) is 36.5 Å². The number of aryl methyl sites for hydroxylation is 1. The molecule has 0 aliphatic rings. The van der Waals surface area contributed by atoms with E-state index in [2.05, 4.69) is 10.1 Å². The first kappa shape index (κ1) is 12.3. The van der Waals surface area contributed by atoms with Gasteiger partial charge in [0.1, 0.15) is 5.69 Å². The van der Waals surface area contributed by atoms with Gasteiger partial charge in [-0.2, -0.15) is 5.10 Å². The number of hydrogen-bond donors (Lipinski definition) is 0. The second-order valence-corrected chi connectivity index (χ2v) is 4.08. The maximum atomic E-state index is 12.1. The Morgan fingerprint density at radius 2 is 2.28 bits per heavy atom. The number of carbonyl (C=O) groups excluding carboxylic acids is 1. The largest absolute Gasteiger partial charge is 0.336 e. The van der Waals surface area contributed by atoms with Crippen LogP contribution in [0.25, 0.3) is 0 Å². The van der Waals surface area contributed by atoms with E-state index in [0.29, 0.717) is 12.2 Å². The third-order valence-corrected chi connectivity index (χ3v) is 2.66. The number of rotatable bonds is 4. The number of nitrogens with zero attached hydrogens (tertiary/aromatic N) is 4. The van der Waals surface area contributed by atoms with Gasteiger partial charge in [0.15, 0.2) is 0 Å². The SMILES string of the molecule is CCn1cc(CN(C)C(=O)c2ccccn2)cn1. The summed E-state index contributed by atoms with van der Waals surface area (Å²) < 4.78 is 1.84. The predicted molar refractivity (Wildman–Crippen MR) is 67.9 cm³/mol. The van der Waals surface area contributed by atoms with Crippen LogP contribution in [0.15, 0.2) is 36.8 Å². The van der Waals surface area contributed by atoms with Crippen LogP contribution in [0.4, 0.5) is 0 Å². The summed E-state index contributed by atoms with van der Waals surface area (Å²) in [7, 11) is 1.76. The summed E-state index contributed by atoms with van der Waals surface area (Å²) in [6.07, 6.45) is 5.35. The third kappa shape index (κ3) is 2.74. The van der Waals surface area contributed by atoms with Crippen molar-refractivity contribution in [1.82, 2.24) is 19.7 Å². The van der Waals surface area contributed by atoms with Gasteiger partial charge in [-0.15, -0.1) is 0 Å². The first-order valence-corrected chi connectivity index (χ1v) is 5.88. The molecule has 0 aliphatic heterocycles. The predicted octanol–water partition coefficient (Wildman–Crippen LogP) is 1.57. The van der Waals surface area contributed by atoms with Gasteiger partial charge in [0.05, 0.1) is 6.20 Å². The molecule has 0 bridgehead atoms. The average Bonchev–Trinajstić information content (AvgIpc) is 2.86. The van der Waals surface area contributed by atoms with Gasteiger partial charge in [0, 0.05) is 38.1 Å². The van der Waals surface area contributed by atoms with Crippen LogP contribution >= 0.6 is 0 Å². The number of amides is 1. The molecule has 18 heavy (non-hydrogen) atoms. The summed E-state index contributed by atoms with van der Waals surface area (Å²) in [6.45, 7) is 3.40. The molecule has 0 saturated heterocycles. The van der Waals surface area contributed by atoms with E-state index in [9.17, 15) is 4.79 Å². The smallest absolute Gasteiger partial charge is 0.272 e. The Bertz CT molecular complexity index is 521. The molecule has 2 aromatic heterocycles. The Kier molecular flexibility index (Phi) is 3.72. The number of aromatic nitrogens is 3. The van der Waals surface area contributed by atoms with E-state index in [-0.39, 0.29) is 5.91 Å². The van der Waals surface area contributed by atoms with E-state index in [4.69, 9.17) is 0 Å². The summed E-state index contributed by atoms with van der Waals surface area (Å²) >= 11 is 0. The Labute approximate surface area is 106 Å². The molecule has 0 unspecified atom stereocenters. The highest BCUT2D eigenvalue weighted by Crippen LogP contribution is 2.06. The zero-order valence-corrected chi connectivity index (χ0v) is 10.6. The van der Waals surface area contributed by atoms with E-state index < -0.39 is 0 Å². The van der Waals surface area contributed by atoms with Crippen LogP contribution in [0, 0.1) is 0 Å². The van der Waals surface area contributed by atoms with Gasteiger partial charge in [-0.1, -0.05) is 6.07 Å². The molecular weight excluding hydrogens is 228 g/mol. The second kappa shape index (κ2) is 5.44. The fourth-order valence-corrected chi connectivity index (χ4v) is 1.69. The molecule has 1 amide bonds. The van der Waals surface area contributed by atoms with Crippen molar-refractivity contribution < 1.29 is 4.79 Å². The van der Waals surface area contributed by atoms with Gasteiger partial charge < -0.3 is 4.90 Å². The molecular formula is C13H16N4O. The standard InChI is InChI=1S/C13H16N4O/c1-3-17-10-11(8-15-17)9-16(2)13(18)12-6-4-5-7-14-12/h4-8,10H,3,9H2,1-2H3. The maximum absolute atomic E-state index is 12.1. The highest BCUT2D eigenvalue weighted by molar-refractivity contribution is 5.91.